The summed E-state index contributed by atoms with van der Waals surface area (Å²) < 4.78 is 42.0. The molecule has 0 saturated carbocycles. The fraction of sp³-hybridized carbons (Fsp3) is 0.231. The topological polar surface area (TPSA) is 79.4 Å². The van der Waals surface area contributed by atoms with Gasteiger partial charge >= 0.3 is 0 Å². The van der Waals surface area contributed by atoms with Gasteiger partial charge in [-0.3, -0.25) is 4.79 Å². The summed E-state index contributed by atoms with van der Waals surface area (Å²) in [6.07, 6.45) is 0.755. The Morgan fingerprint density at radius 2 is 1.77 bits per heavy atom. The number of thiazole rings is 1. The van der Waals surface area contributed by atoms with Crippen molar-refractivity contribution < 1.29 is 17.6 Å². The zero-order valence-electron chi connectivity index (χ0n) is 19.1. The number of fused-ring (bicyclic) bond motifs is 1. The normalized spacial score (nSPS) is 15.4. The largest absolute Gasteiger partial charge is 0.326 e. The third-order valence-electron chi connectivity index (χ3n) is 6.22. The summed E-state index contributed by atoms with van der Waals surface area (Å²) in [6, 6.07) is 19.1. The predicted octanol–water partition coefficient (Wildman–Crippen LogP) is 5.45. The third kappa shape index (κ3) is 4.84. The van der Waals surface area contributed by atoms with Gasteiger partial charge in [0.1, 0.15) is 15.7 Å². The van der Waals surface area contributed by atoms with Crippen LogP contribution in [-0.2, 0) is 14.8 Å². The Kier molecular flexibility index (Phi) is 6.39. The van der Waals surface area contributed by atoms with Crippen molar-refractivity contribution in [2.45, 2.75) is 24.7 Å². The van der Waals surface area contributed by atoms with Crippen LogP contribution in [0.4, 0.5) is 10.1 Å². The lowest BCUT2D eigenvalue weighted by Crippen LogP contribution is -2.41. The first-order chi connectivity index (χ1) is 16.8. The van der Waals surface area contributed by atoms with Gasteiger partial charge in [-0.2, -0.15) is 4.31 Å². The molecule has 35 heavy (non-hydrogen) atoms. The van der Waals surface area contributed by atoms with Gasteiger partial charge in [-0.25, -0.2) is 17.8 Å². The van der Waals surface area contributed by atoms with Crippen LogP contribution in [-0.4, -0.2) is 36.7 Å². The van der Waals surface area contributed by atoms with Crippen LogP contribution >= 0.6 is 11.3 Å². The van der Waals surface area contributed by atoms with Crippen LogP contribution in [0.3, 0.4) is 0 Å². The minimum absolute atomic E-state index is 0.142. The molecule has 1 aliphatic rings. The second kappa shape index (κ2) is 9.49. The molecule has 0 bridgehead atoms. The van der Waals surface area contributed by atoms with Crippen molar-refractivity contribution in [2.24, 2.45) is 5.92 Å². The van der Waals surface area contributed by atoms with Crippen LogP contribution in [0.2, 0.25) is 0 Å². The summed E-state index contributed by atoms with van der Waals surface area (Å²) in [7, 11) is -3.92. The Labute approximate surface area is 207 Å². The molecule has 4 aromatic rings. The fourth-order valence-corrected chi connectivity index (χ4v) is 6.85. The Morgan fingerprint density at radius 1 is 1.06 bits per heavy atom. The maximum atomic E-state index is 14.0. The number of anilines is 1. The van der Waals surface area contributed by atoms with Gasteiger partial charge in [0.15, 0.2) is 0 Å². The van der Waals surface area contributed by atoms with E-state index in [2.05, 4.69) is 18.3 Å². The molecule has 0 atom stereocenters. The summed E-state index contributed by atoms with van der Waals surface area (Å²) in [5.41, 5.74) is 3.82. The summed E-state index contributed by atoms with van der Waals surface area (Å²) in [5.74, 6) is -1.22. The molecular formula is C26H24FN3O3S2. The Bertz CT molecular complexity index is 1490. The zero-order chi connectivity index (χ0) is 24.6. The van der Waals surface area contributed by atoms with Crippen LogP contribution in [0.5, 0.6) is 0 Å². The highest BCUT2D eigenvalue weighted by atomic mass is 32.2. The van der Waals surface area contributed by atoms with Gasteiger partial charge in [0.25, 0.3) is 0 Å². The van der Waals surface area contributed by atoms with Gasteiger partial charge in [-0.05, 0) is 73.9 Å². The Morgan fingerprint density at radius 3 is 2.49 bits per heavy atom. The zero-order valence-corrected chi connectivity index (χ0v) is 20.7. The van der Waals surface area contributed by atoms with E-state index in [1.165, 1.54) is 28.1 Å². The van der Waals surface area contributed by atoms with Crippen molar-refractivity contribution in [3.05, 3.63) is 78.1 Å². The molecular weight excluding hydrogens is 485 g/mol. The number of aromatic nitrogens is 1. The number of nitrogens with one attached hydrogen (secondary N) is 1. The van der Waals surface area contributed by atoms with E-state index in [-0.39, 0.29) is 29.8 Å². The molecule has 1 amide bonds. The highest BCUT2D eigenvalue weighted by Gasteiger charge is 2.33. The van der Waals surface area contributed by atoms with Gasteiger partial charge in [0, 0.05) is 30.3 Å². The third-order valence-corrected chi connectivity index (χ3v) is 9.22. The number of carbonyl (C=O) groups is 1. The van der Waals surface area contributed by atoms with Crippen molar-refractivity contribution in [2.75, 3.05) is 18.4 Å². The number of hydrogen-bond acceptors (Lipinski definition) is 5. The number of amides is 1. The Balaban J connectivity index is 1.21. The first kappa shape index (κ1) is 23.6. The van der Waals surface area contributed by atoms with E-state index in [1.54, 1.807) is 11.3 Å². The fourth-order valence-electron chi connectivity index (χ4n) is 4.25. The number of hydrogen-bond donors (Lipinski definition) is 1. The number of halogens is 1. The van der Waals surface area contributed by atoms with Crippen molar-refractivity contribution in [3.8, 4) is 10.6 Å². The lowest BCUT2D eigenvalue weighted by atomic mass is 9.97. The molecule has 3 aromatic carbocycles. The molecule has 6 nitrogen and oxygen atoms in total. The minimum Gasteiger partial charge on any atom is -0.326 e. The minimum atomic E-state index is -3.92. The van der Waals surface area contributed by atoms with E-state index in [9.17, 15) is 17.6 Å². The second-order valence-corrected chi connectivity index (χ2v) is 11.6. The monoisotopic (exact) mass is 509 g/mol. The van der Waals surface area contributed by atoms with E-state index in [1.807, 2.05) is 36.4 Å². The van der Waals surface area contributed by atoms with Crippen LogP contribution in [0.1, 0.15) is 18.4 Å². The maximum Gasteiger partial charge on any atom is 0.245 e. The van der Waals surface area contributed by atoms with Gasteiger partial charge in [-0.1, -0.05) is 18.2 Å². The molecule has 2 heterocycles. The van der Waals surface area contributed by atoms with Crippen molar-refractivity contribution in [1.82, 2.24) is 9.29 Å². The number of piperidine rings is 1. The van der Waals surface area contributed by atoms with Crippen LogP contribution in [0.15, 0.2) is 71.6 Å². The average molecular weight is 510 g/mol. The van der Waals surface area contributed by atoms with E-state index >= 15 is 0 Å². The van der Waals surface area contributed by atoms with Crippen molar-refractivity contribution >= 4 is 43.2 Å². The van der Waals surface area contributed by atoms with Gasteiger partial charge in [0.05, 0.1) is 10.2 Å². The molecule has 1 aliphatic heterocycles. The first-order valence-corrected chi connectivity index (χ1v) is 13.6. The number of benzene rings is 3. The second-order valence-electron chi connectivity index (χ2n) is 8.67. The molecule has 1 fully saturated rings. The summed E-state index contributed by atoms with van der Waals surface area (Å²) in [4.78, 5) is 17.2. The standard InChI is InChI=1S/C26H24FN3O3S2/c1-17-6-11-22-23(16-17)34-26(29-22)19-7-9-20(10-8-19)28-25(31)18-12-14-30(15-13-18)35(32,33)24-5-3-2-4-21(24)27/h2-11,16,18H,12-15H2,1H3,(H,28,31). The van der Waals surface area contributed by atoms with E-state index in [0.717, 1.165) is 26.9 Å². The predicted molar refractivity (Wildman–Crippen MR) is 136 cm³/mol. The Hall–Kier alpha value is -3.14. The van der Waals surface area contributed by atoms with Gasteiger partial charge < -0.3 is 5.32 Å². The number of rotatable bonds is 5. The molecule has 5 rings (SSSR count). The molecule has 9 heteroatoms. The first-order valence-electron chi connectivity index (χ1n) is 11.3. The lowest BCUT2D eigenvalue weighted by molar-refractivity contribution is -0.120. The highest BCUT2D eigenvalue weighted by molar-refractivity contribution is 7.89. The maximum absolute atomic E-state index is 14.0. The average Bonchev–Trinajstić information content (AvgIpc) is 3.28. The van der Waals surface area contributed by atoms with Crippen LogP contribution in [0, 0.1) is 18.7 Å². The smallest absolute Gasteiger partial charge is 0.245 e. The van der Waals surface area contributed by atoms with Crippen LogP contribution < -0.4 is 5.32 Å². The van der Waals surface area contributed by atoms with E-state index < -0.39 is 15.8 Å². The molecule has 1 saturated heterocycles. The molecule has 0 spiro atoms. The van der Waals surface area contributed by atoms with E-state index in [4.69, 9.17) is 4.98 Å². The van der Waals surface area contributed by atoms with Gasteiger partial charge in [-0.15, -0.1) is 11.3 Å². The summed E-state index contributed by atoms with van der Waals surface area (Å²) >= 11 is 1.63. The molecule has 180 valence electrons. The van der Waals surface area contributed by atoms with E-state index in [0.29, 0.717) is 18.5 Å². The summed E-state index contributed by atoms with van der Waals surface area (Å²) in [6.45, 7) is 2.40. The molecule has 1 N–H and O–H groups in total. The quantitative estimate of drug-likeness (QED) is 0.388. The number of nitrogens with zero attached hydrogens (tertiary/aromatic N) is 2. The molecule has 0 unspecified atom stereocenters. The number of aryl methyl sites for hydroxylation is 1. The van der Waals surface area contributed by atoms with Crippen molar-refractivity contribution in [3.63, 3.8) is 0 Å². The van der Waals surface area contributed by atoms with Crippen molar-refractivity contribution in [1.29, 1.82) is 0 Å². The van der Waals surface area contributed by atoms with Gasteiger partial charge in [0.2, 0.25) is 15.9 Å². The molecule has 1 aromatic heterocycles. The molecule has 0 radical (unpaired) electrons. The number of carbonyl (C=O) groups excluding carboxylic acids is 1. The summed E-state index contributed by atoms with van der Waals surface area (Å²) in [5, 5.41) is 3.86. The van der Waals surface area contributed by atoms with Crippen LogP contribution in [0.25, 0.3) is 20.8 Å². The SMILES string of the molecule is Cc1ccc2nc(-c3ccc(NC(=O)C4CCN(S(=O)(=O)c5ccccc5F)CC4)cc3)sc2c1. The molecule has 0 aliphatic carbocycles. The number of sulfonamides is 1. The lowest BCUT2D eigenvalue weighted by Gasteiger charge is -2.30. The highest BCUT2D eigenvalue weighted by Crippen LogP contribution is 2.32.